The standard InChI is InChI=1S/C21H23BrN4O3S/c1-29-18-4-2-15(12-17(18)22)3-5-19(27)25-8-6-24(7-9-25)14-16-13-20(28)26-10-11-30-21(26)23-16/h2,4,10-13H,3,5-9,14H2,1H3. The van der Waals surface area contributed by atoms with E-state index in [-0.39, 0.29) is 11.5 Å². The Labute approximate surface area is 187 Å². The second kappa shape index (κ2) is 9.28. The number of amides is 1. The molecule has 2 aromatic heterocycles. The lowest BCUT2D eigenvalue weighted by atomic mass is 10.1. The van der Waals surface area contributed by atoms with Gasteiger partial charge in [0.25, 0.3) is 5.56 Å². The molecule has 1 aromatic carbocycles. The van der Waals surface area contributed by atoms with Crippen LogP contribution < -0.4 is 10.3 Å². The van der Waals surface area contributed by atoms with Gasteiger partial charge in [-0.1, -0.05) is 6.07 Å². The Morgan fingerprint density at radius 1 is 1.23 bits per heavy atom. The molecular weight excluding hydrogens is 468 g/mol. The minimum Gasteiger partial charge on any atom is -0.496 e. The van der Waals surface area contributed by atoms with Gasteiger partial charge in [-0.15, -0.1) is 11.3 Å². The lowest BCUT2D eigenvalue weighted by Gasteiger charge is -2.34. The average molecular weight is 491 g/mol. The van der Waals surface area contributed by atoms with Gasteiger partial charge in [-0.05, 0) is 40.0 Å². The molecule has 30 heavy (non-hydrogen) atoms. The molecule has 0 saturated carbocycles. The largest absolute Gasteiger partial charge is 0.496 e. The molecule has 3 aromatic rings. The van der Waals surface area contributed by atoms with E-state index in [1.54, 1.807) is 23.8 Å². The molecule has 1 aliphatic heterocycles. The number of hydrogen-bond donors (Lipinski definition) is 0. The molecule has 0 aliphatic carbocycles. The third kappa shape index (κ3) is 4.74. The molecule has 9 heteroatoms. The molecule has 0 atom stereocenters. The van der Waals surface area contributed by atoms with Crippen LogP contribution in [0.25, 0.3) is 4.96 Å². The maximum atomic E-state index is 12.6. The molecule has 1 amide bonds. The normalized spacial score (nSPS) is 14.9. The fourth-order valence-electron chi connectivity index (χ4n) is 3.63. The molecule has 1 saturated heterocycles. The highest BCUT2D eigenvalue weighted by molar-refractivity contribution is 9.10. The summed E-state index contributed by atoms with van der Waals surface area (Å²) < 4.78 is 7.71. The SMILES string of the molecule is COc1ccc(CCC(=O)N2CCN(Cc3cc(=O)n4ccsc4n3)CC2)cc1Br. The number of rotatable bonds is 6. The van der Waals surface area contributed by atoms with Crippen LogP contribution in [0.5, 0.6) is 5.75 Å². The molecule has 7 nitrogen and oxygen atoms in total. The number of hydrogen-bond acceptors (Lipinski definition) is 6. The van der Waals surface area contributed by atoms with Gasteiger partial charge in [-0.2, -0.15) is 0 Å². The van der Waals surface area contributed by atoms with Crippen molar-refractivity contribution in [2.45, 2.75) is 19.4 Å². The molecule has 4 rings (SSSR count). The fourth-order valence-corrected chi connectivity index (χ4v) is 4.95. The Hall–Kier alpha value is -2.23. The smallest absolute Gasteiger partial charge is 0.258 e. The number of halogens is 1. The Kier molecular flexibility index (Phi) is 6.50. The van der Waals surface area contributed by atoms with Crippen molar-refractivity contribution in [1.29, 1.82) is 0 Å². The number of aryl methyl sites for hydroxylation is 1. The third-order valence-electron chi connectivity index (χ3n) is 5.31. The summed E-state index contributed by atoms with van der Waals surface area (Å²) in [6, 6.07) is 7.51. The van der Waals surface area contributed by atoms with E-state index in [1.165, 1.54) is 11.3 Å². The number of nitrogens with zero attached hydrogens (tertiary/aromatic N) is 4. The van der Waals surface area contributed by atoms with Crippen LogP contribution in [0.1, 0.15) is 17.7 Å². The minimum atomic E-state index is -0.0461. The first-order chi connectivity index (χ1) is 14.5. The maximum absolute atomic E-state index is 12.6. The van der Waals surface area contributed by atoms with Gasteiger partial charge >= 0.3 is 0 Å². The molecule has 0 N–H and O–H groups in total. The van der Waals surface area contributed by atoms with Gasteiger partial charge in [0.15, 0.2) is 4.96 Å². The highest BCUT2D eigenvalue weighted by Crippen LogP contribution is 2.26. The molecule has 3 heterocycles. The number of thiazole rings is 1. The van der Waals surface area contributed by atoms with Crippen molar-refractivity contribution in [2.75, 3.05) is 33.3 Å². The van der Waals surface area contributed by atoms with Gasteiger partial charge < -0.3 is 9.64 Å². The first kappa shape index (κ1) is 21.0. The summed E-state index contributed by atoms with van der Waals surface area (Å²) in [6.45, 7) is 3.60. The van der Waals surface area contributed by atoms with Crippen molar-refractivity contribution in [3.05, 3.63) is 61.9 Å². The Balaban J connectivity index is 1.27. The van der Waals surface area contributed by atoms with Gasteiger partial charge in [0.1, 0.15) is 5.75 Å². The lowest BCUT2D eigenvalue weighted by Crippen LogP contribution is -2.48. The van der Waals surface area contributed by atoms with Crippen molar-refractivity contribution < 1.29 is 9.53 Å². The van der Waals surface area contributed by atoms with Gasteiger partial charge in [0.05, 0.1) is 17.3 Å². The molecule has 1 aliphatic rings. The number of methoxy groups -OCH3 is 1. The van der Waals surface area contributed by atoms with Crippen LogP contribution in [0, 0.1) is 0 Å². The zero-order valence-electron chi connectivity index (χ0n) is 16.7. The van der Waals surface area contributed by atoms with Crippen LogP contribution in [0.3, 0.4) is 0 Å². The summed E-state index contributed by atoms with van der Waals surface area (Å²) in [5.41, 5.74) is 1.85. The van der Waals surface area contributed by atoms with Crippen molar-refractivity contribution in [1.82, 2.24) is 19.2 Å². The second-order valence-electron chi connectivity index (χ2n) is 7.27. The highest BCUT2D eigenvalue weighted by atomic mass is 79.9. The number of aromatic nitrogens is 2. The predicted molar refractivity (Wildman–Crippen MR) is 120 cm³/mol. The van der Waals surface area contributed by atoms with E-state index in [9.17, 15) is 9.59 Å². The van der Waals surface area contributed by atoms with E-state index in [1.807, 2.05) is 28.5 Å². The zero-order chi connectivity index (χ0) is 21.1. The summed E-state index contributed by atoms with van der Waals surface area (Å²) in [7, 11) is 1.64. The lowest BCUT2D eigenvalue weighted by molar-refractivity contribution is -0.133. The monoisotopic (exact) mass is 490 g/mol. The highest BCUT2D eigenvalue weighted by Gasteiger charge is 2.21. The van der Waals surface area contributed by atoms with Gasteiger partial charge in [0.2, 0.25) is 5.91 Å². The minimum absolute atomic E-state index is 0.0461. The average Bonchev–Trinajstić information content (AvgIpc) is 3.22. The molecular formula is C21H23BrN4O3S. The summed E-state index contributed by atoms with van der Waals surface area (Å²) in [5.74, 6) is 0.967. The van der Waals surface area contributed by atoms with Crippen molar-refractivity contribution >= 4 is 38.1 Å². The van der Waals surface area contributed by atoms with Crippen LogP contribution in [0.2, 0.25) is 0 Å². The topological polar surface area (TPSA) is 67.2 Å². The summed E-state index contributed by atoms with van der Waals surface area (Å²) in [5, 5.41) is 1.86. The summed E-state index contributed by atoms with van der Waals surface area (Å²) >= 11 is 4.95. The quantitative estimate of drug-likeness (QED) is 0.531. The number of carbonyl (C=O) groups excluding carboxylic acids is 1. The van der Waals surface area contributed by atoms with Crippen molar-refractivity contribution in [3.63, 3.8) is 0 Å². The second-order valence-corrected chi connectivity index (χ2v) is 8.99. The van der Waals surface area contributed by atoms with E-state index in [2.05, 4.69) is 25.8 Å². The van der Waals surface area contributed by atoms with E-state index in [0.717, 1.165) is 39.5 Å². The maximum Gasteiger partial charge on any atom is 0.258 e. The number of piperazine rings is 1. The molecule has 1 fully saturated rings. The molecule has 0 bridgehead atoms. The van der Waals surface area contributed by atoms with E-state index in [4.69, 9.17) is 4.74 Å². The van der Waals surface area contributed by atoms with Crippen LogP contribution in [-0.2, 0) is 17.8 Å². The van der Waals surface area contributed by atoms with E-state index >= 15 is 0 Å². The zero-order valence-corrected chi connectivity index (χ0v) is 19.1. The number of carbonyl (C=O) groups is 1. The summed E-state index contributed by atoms with van der Waals surface area (Å²) in [4.78, 5) is 34.2. The van der Waals surface area contributed by atoms with Crippen molar-refractivity contribution in [2.24, 2.45) is 0 Å². The molecule has 158 valence electrons. The van der Waals surface area contributed by atoms with Crippen LogP contribution >= 0.6 is 27.3 Å². The van der Waals surface area contributed by atoms with Crippen LogP contribution in [0.15, 0.2) is 45.1 Å². The number of ether oxygens (including phenoxy) is 1. The first-order valence-corrected chi connectivity index (χ1v) is 11.5. The van der Waals surface area contributed by atoms with Crippen LogP contribution in [0.4, 0.5) is 0 Å². The van der Waals surface area contributed by atoms with Gasteiger partial charge in [-0.25, -0.2) is 4.98 Å². The van der Waals surface area contributed by atoms with Crippen molar-refractivity contribution in [3.8, 4) is 5.75 Å². The van der Waals surface area contributed by atoms with E-state index < -0.39 is 0 Å². The predicted octanol–water partition coefficient (Wildman–Crippen LogP) is 2.80. The van der Waals surface area contributed by atoms with Crippen LogP contribution in [-0.4, -0.2) is 58.4 Å². The van der Waals surface area contributed by atoms with E-state index in [0.29, 0.717) is 32.5 Å². The Bertz CT molecular complexity index is 1110. The Morgan fingerprint density at radius 3 is 2.77 bits per heavy atom. The molecule has 0 radical (unpaired) electrons. The van der Waals surface area contributed by atoms with Gasteiger partial charge in [0, 0.05) is 56.8 Å². The molecule has 0 spiro atoms. The third-order valence-corrected chi connectivity index (χ3v) is 6.69. The first-order valence-electron chi connectivity index (χ1n) is 9.82. The number of benzene rings is 1. The number of fused-ring (bicyclic) bond motifs is 1. The van der Waals surface area contributed by atoms with Gasteiger partial charge in [-0.3, -0.25) is 18.9 Å². The fraction of sp³-hybridized carbons (Fsp3) is 0.381. The summed E-state index contributed by atoms with van der Waals surface area (Å²) in [6.07, 6.45) is 2.94. The Morgan fingerprint density at radius 2 is 2.03 bits per heavy atom. The molecule has 0 unspecified atom stereocenters.